The minimum atomic E-state index is -0.865. The average Bonchev–Trinajstić information content (AvgIpc) is 2.28. The van der Waals surface area contributed by atoms with E-state index in [-0.39, 0.29) is 31.1 Å². The molecule has 6 heteroatoms. The van der Waals surface area contributed by atoms with E-state index >= 15 is 0 Å². The maximum absolute atomic E-state index is 12.4. The van der Waals surface area contributed by atoms with Crippen molar-refractivity contribution < 1.29 is 14.7 Å². The van der Waals surface area contributed by atoms with Crippen LogP contribution in [0.25, 0.3) is 0 Å². The average molecular weight is 274 g/mol. The van der Waals surface area contributed by atoms with Gasteiger partial charge in [0.25, 0.3) is 0 Å². The van der Waals surface area contributed by atoms with E-state index in [1.807, 2.05) is 37.4 Å². The first-order valence-corrected chi connectivity index (χ1v) is 7.45. The van der Waals surface area contributed by atoms with Crippen molar-refractivity contribution in [2.24, 2.45) is 0 Å². The van der Waals surface area contributed by atoms with Crippen LogP contribution < -0.4 is 0 Å². The molecule has 0 radical (unpaired) electrons. The van der Waals surface area contributed by atoms with Crippen LogP contribution in [-0.2, 0) is 4.79 Å². The van der Waals surface area contributed by atoms with Crippen molar-refractivity contribution in [3.05, 3.63) is 0 Å². The molecule has 0 spiro atoms. The lowest BCUT2D eigenvalue weighted by Crippen LogP contribution is -2.53. The highest BCUT2D eigenvalue weighted by Crippen LogP contribution is 2.18. The molecule has 0 aromatic carbocycles. The van der Waals surface area contributed by atoms with Crippen molar-refractivity contribution in [1.29, 1.82) is 0 Å². The molecule has 1 saturated heterocycles. The normalized spacial score (nSPS) is 20.0. The lowest BCUT2D eigenvalue weighted by molar-refractivity contribution is -0.137. The molecule has 0 bridgehead atoms. The lowest BCUT2D eigenvalue weighted by Gasteiger charge is -2.38. The Morgan fingerprint density at radius 3 is 2.67 bits per heavy atom. The van der Waals surface area contributed by atoms with Gasteiger partial charge in [-0.25, -0.2) is 4.79 Å². The molecule has 0 aromatic rings. The van der Waals surface area contributed by atoms with Crippen LogP contribution >= 0.6 is 11.8 Å². The van der Waals surface area contributed by atoms with E-state index in [4.69, 9.17) is 5.11 Å². The highest BCUT2D eigenvalue weighted by atomic mass is 32.2. The van der Waals surface area contributed by atoms with E-state index in [0.29, 0.717) is 0 Å². The fourth-order valence-electron chi connectivity index (χ4n) is 1.97. The molecule has 1 aliphatic rings. The summed E-state index contributed by atoms with van der Waals surface area (Å²) >= 11 is 1.86. The van der Waals surface area contributed by atoms with Crippen LogP contribution in [-0.4, -0.2) is 63.6 Å². The van der Waals surface area contributed by atoms with Crippen molar-refractivity contribution in [2.45, 2.75) is 39.3 Å². The fourth-order valence-corrected chi connectivity index (χ4v) is 2.98. The molecule has 1 rings (SSSR count). The zero-order valence-corrected chi connectivity index (χ0v) is 12.1. The topological polar surface area (TPSA) is 60.9 Å². The standard InChI is InChI=1S/C12H22N2O3S/c1-9(2)13(5-4-11(15)16)12(17)14-6-7-18-8-10(14)3/h9-10H,4-8H2,1-3H3,(H,15,16). The van der Waals surface area contributed by atoms with Crippen LogP contribution in [0.15, 0.2) is 0 Å². The third-order valence-electron chi connectivity index (χ3n) is 3.05. The van der Waals surface area contributed by atoms with Gasteiger partial charge >= 0.3 is 12.0 Å². The second kappa shape index (κ2) is 6.87. The van der Waals surface area contributed by atoms with E-state index in [9.17, 15) is 9.59 Å². The second-order valence-electron chi connectivity index (χ2n) is 4.83. The third-order valence-corrected chi connectivity index (χ3v) is 4.24. The maximum atomic E-state index is 12.4. The van der Waals surface area contributed by atoms with Crippen LogP contribution in [0.4, 0.5) is 4.79 Å². The third kappa shape index (κ3) is 4.08. The molecular formula is C12H22N2O3S. The highest BCUT2D eigenvalue weighted by molar-refractivity contribution is 7.99. The van der Waals surface area contributed by atoms with Crippen molar-refractivity contribution in [1.82, 2.24) is 9.80 Å². The van der Waals surface area contributed by atoms with Crippen LogP contribution in [0.5, 0.6) is 0 Å². The Labute approximate surface area is 113 Å². The van der Waals surface area contributed by atoms with Crippen LogP contribution in [0, 0.1) is 0 Å². The van der Waals surface area contributed by atoms with Crippen molar-refractivity contribution in [3.8, 4) is 0 Å². The van der Waals surface area contributed by atoms with E-state index in [2.05, 4.69) is 0 Å². The summed E-state index contributed by atoms with van der Waals surface area (Å²) in [7, 11) is 0. The predicted molar refractivity (Wildman–Crippen MR) is 73.0 cm³/mol. The van der Waals surface area contributed by atoms with Crippen LogP contribution in [0.1, 0.15) is 27.2 Å². The Balaban J connectivity index is 2.65. The number of thioether (sulfide) groups is 1. The number of carbonyl (C=O) groups excluding carboxylic acids is 1. The number of urea groups is 1. The summed E-state index contributed by atoms with van der Waals surface area (Å²) in [6, 6.07) is 0.222. The number of aliphatic carboxylic acids is 1. The zero-order valence-electron chi connectivity index (χ0n) is 11.3. The number of hydrogen-bond acceptors (Lipinski definition) is 3. The van der Waals surface area contributed by atoms with E-state index in [0.717, 1.165) is 18.1 Å². The van der Waals surface area contributed by atoms with E-state index in [1.165, 1.54) is 0 Å². The molecular weight excluding hydrogens is 252 g/mol. The molecule has 0 aliphatic carbocycles. The Kier molecular flexibility index (Phi) is 5.78. The number of carbonyl (C=O) groups is 2. The highest BCUT2D eigenvalue weighted by Gasteiger charge is 2.28. The summed E-state index contributed by atoms with van der Waals surface area (Å²) in [6.07, 6.45) is 0.000884. The predicted octanol–water partition coefficient (Wildman–Crippen LogP) is 1.73. The van der Waals surface area contributed by atoms with Gasteiger partial charge in [0, 0.05) is 36.7 Å². The van der Waals surface area contributed by atoms with Gasteiger partial charge in [0.05, 0.1) is 6.42 Å². The maximum Gasteiger partial charge on any atom is 0.320 e. The summed E-state index contributed by atoms with van der Waals surface area (Å²) in [5, 5.41) is 8.73. The van der Waals surface area contributed by atoms with Crippen LogP contribution in [0.3, 0.4) is 0 Å². The molecule has 1 N–H and O–H groups in total. The number of nitrogens with zero attached hydrogens (tertiary/aromatic N) is 2. The summed E-state index contributed by atoms with van der Waals surface area (Å²) in [4.78, 5) is 26.6. The Morgan fingerprint density at radius 2 is 2.17 bits per heavy atom. The first-order chi connectivity index (χ1) is 8.43. The lowest BCUT2D eigenvalue weighted by atomic mass is 10.2. The monoisotopic (exact) mass is 274 g/mol. The molecule has 1 atom stereocenters. The largest absolute Gasteiger partial charge is 0.481 e. The smallest absolute Gasteiger partial charge is 0.320 e. The fraction of sp³-hybridized carbons (Fsp3) is 0.833. The molecule has 0 aromatic heterocycles. The van der Waals surface area contributed by atoms with Gasteiger partial charge in [0.2, 0.25) is 0 Å². The number of hydrogen-bond donors (Lipinski definition) is 1. The molecule has 1 heterocycles. The summed E-state index contributed by atoms with van der Waals surface area (Å²) in [5.41, 5.74) is 0. The SMILES string of the molecule is CC(C)N(CCC(=O)O)C(=O)N1CCSCC1C. The number of carboxylic acids is 1. The minimum Gasteiger partial charge on any atom is -0.481 e. The molecule has 5 nitrogen and oxygen atoms in total. The molecule has 104 valence electrons. The van der Waals surface area contributed by atoms with Crippen LogP contribution in [0.2, 0.25) is 0 Å². The van der Waals surface area contributed by atoms with Crippen molar-refractivity contribution in [2.75, 3.05) is 24.6 Å². The first-order valence-electron chi connectivity index (χ1n) is 6.30. The summed E-state index contributed by atoms with van der Waals surface area (Å²) in [6.45, 7) is 6.91. The van der Waals surface area contributed by atoms with Gasteiger partial charge in [0.15, 0.2) is 0 Å². The van der Waals surface area contributed by atoms with Gasteiger partial charge in [-0.3, -0.25) is 4.79 Å². The van der Waals surface area contributed by atoms with Gasteiger partial charge in [-0.1, -0.05) is 0 Å². The van der Waals surface area contributed by atoms with Gasteiger partial charge in [-0.15, -0.1) is 0 Å². The molecule has 0 saturated carbocycles. The number of amides is 2. The Morgan fingerprint density at radius 1 is 1.50 bits per heavy atom. The number of carboxylic acid groups (broad SMARTS) is 1. The van der Waals surface area contributed by atoms with E-state index in [1.54, 1.807) is 4.90 Å². The first kappa shape index (κ1) is 15.1. The number of rotatable bonds is 4. The Hall–Kier alpha value is -0.910. The summed E-state index contributed by atoms with van der Waals surface area (Å²) in [5.74, 6) is 1.05. The van der Waals surface area contributed by atoms with Gasteiger partial charge in [-0.2, -0.15) is 11.8 Å². The Bertz CT molecular complexity index is 310. The van der Waals surface area contributed by atoms with Crippen molar-refractivity contribution in [3.63, 3.8) is 0 Å². The van der Waals surface area contributed by atoms with Gasteiger partial charge in [0.1, 0.15) is 0 Å². The molecule has 18 heavy (non-hydrogen) atoms. The molecule has 1 fully saturated rings. The van der Waals surface area contributed by atoms with E-state index < -0.39 is 5.97 Å². The second-order valence-corrected chi connectivity index (χ2v) is 5.98. The molecule has 1 aliphatic heterocycles. The summed E-state index contributed by atoms with van der Waals surface area (Å²) < 4.78 is 0. The minimum absolute atomic E-state index is 0.000884. The molecule has 1 unspecified atom stereocenters. The van der Waals surface area contributed by atoms with Gasteiger partial charge < -0.3 is 14.9 Å². The van der Waals surface area contributed by atoms with Crippen molar-refractivity contribution >= 4 is 23.8 Å². The quantitative estimate of drug-likeness (QED) is 0.848. The molecule has 2 amide bonds. The van der Waals surface area contributed by atoms with Gasteiger partial charge in [-0.05, 0) is 20.8 Å². The zero-order chi connectivity index (χ0) is 13.7.